The summed E-state index contributed by atoms with van der Waals surface area (Å²) in [6.07, 6.45) is -1.06. The summed E-state index contributed by atoms with van der Waals surface area (Å²) in [6, 6.07) is 5.52. The Morgan fingerprint density at radius 1 is 1.22 bits per heavy atom. The number of amides is 1. The lowest BCUT2D eigenvalue weighted by atomic mass is 10.3. The highest BCUT2D eigenvalue weighted by molar-refractivity contribution is 7.89. The average molecular weight is 420 g/mol. The standard InChI is InChI=1S/C11H13Cl3N4O3S2/c1-6(19)16-9(11(12,13)14)18-10(22)17-7-2-4-8(5-3-7)23(15,20)21/h2-5,9H,1H3,(H,16,19)(H2,15,20,21)(H2,17,18,22). The van der Waals surface area contributed by atoms with Crippen LogP contribution in [0.15, 0.2) is 29.2 Å². The third-order valence-corrected chi connectivity index (χ3v) is 4.19. The normalized spacial score (nSPS) is 13.1. The van der Waals surface area contributed by atoms with Gasteiger partial charge in [0.1, 0.15) is 6.17 Å². The number of hydrogen-bond donors (Lipinski definition) is 4. The number of sulfonamides is 1. The van der Waals surface area contributed by atoms with E-state index in [0.29, 0.717) is 5.69 Å². The van der Waals surface area contributed by atoms with E-state index in [1.165, 1.54) is 31.2 Å². The first-order valence-corrected chi connectivity index (χ1v) is 9.02. The summed E-state index contributed by atoms with van der Waals surface area (Å²) < 4.78 is 20.5. The molecule has 128 valence electrons. The summed E-state index contributed by atoms with van der Waals surface area (Å²) in [4.78, 5) is 11.1. The van der Waals surface area contributed by atoms with Gasteiger partial charge in [-0.3, -0.25) is 4.79 Å². The van der Waals surface area contributed by atoms with Gasteiger partial charge in [-0.05, 0) is 36.5 Å². The van der Waals surface area contributed by atoms with Crippen molar-refractivity contribution in [2.45, 2.75) is 21.8 Å². The van der Waals surface area contributed by atoms with Crippen molar-refractivity contribution in [3.8, 4) is 0 Å². The van der Waals surface area contributed by atoms with E-state index in [-0.39, 0.29) is 10.0 Å². The minimum absolute atomic E-state index is 0.0423. The molecule has 7 nitrogen and oxygen atoms in total. The molecule has 23 heavy (non-hydrogen) atoms. The lowest BCUT2D eigenvalue weighted by molar-refractivity contribution is -0.119. The monoisotopic (exact) mass is 418 g/mol. The highest BCUT2D eigenvalue weighted by atomic mass is 35.6. The van der Waals surface area contributed by atoms with Gasteiger partial charge >= 0.3 is 0 Å². The van der Waals surface area contributed by atoms with Gasteiger partial charge in [0.05, 0.1) is 4.90 Å². The molecule has 0 aliphatic carbocycles. The fourth-order valence-electron chi connectivity index (χ4n) is 1.43. The maximum absolute atomic E-state index is 11.2. The molecule has 0 aromatic heterocycles. The Kier molecular flexibility index (Phi) is 6.87. The van der Waals surface area contributed by atoms with Crippen molar-refractivity contribution in [3.63, 3.8) is 0 Å². The summed E-state index contributed by atoms with van der Waals surface area (Å²) in [5, 5.41) is 12.8. The van der Waals surface area contributed by atoms with Crippen LogP contribution in [-0.2, 0) is 14.8 Å². The van der Waals surface area contributed by atoms with E-state index >= 15 is 0 Å². The number of halogens is 3. The van der Waals surface area contributed by atoms with E-state index in [2.05, 4.69) is 16.0 Å². The van der Waals surface area contributed by atoms with E-state index in [9.17, 15) is 13.2 Å². The number of nitrogens with one attached hydrogen (secondary N) is 3. The number of thiocarbonyl (C=S) groups is 1. The lowest BCUT2D eigenvalue weighted by Gasteiger charge is -2.27. The summed E-state index contributed by atoms with van der Waals surface area (Å²) in [7, 11) is -3.78. The van der Waals surface area contributed by atoms with Gasteiger partial charge in [-0.15, -0.1) is 0 Å². The van der Waals surface area contributed by atoms with E-state index in [1.54, 1.807) is 0 Å². The van der Waals surface area contributed by atoms with Crippen LogP contribution in [0.3, 0.4) is 0 Å². The van der Waals surface area contributed by atoms with Crippen molar-refractivity contribution in [2.75, 3.05) is 5.32 Å². The van der Waals surface area contributed by atoms with Gasteiger partial charge < -0.3 is 16.0 Å². The smallest absolute Gasteiger partial charge is 0.238 e. The minimum Gasteiger partial charge on any atom is -0.339 e. The maximum Gasteiger partial charge on any atom is 0.238 e. The minimum atomic E-state index is -3.78. The van der Waals surface area contributed by atoms with Gasteiger partial charge in [-0.25, -0.2) is 13.6 Å². The SMILES string of the molecule is CC(=O)NC(NC(=S)Nc1ccc(S(N)(=O)=O)cc1)C(Cl)(Cl)Cl. The second-order valence-corrected chi connectivity index (χ2v) is 8.68. The zero-order valence-corrected chi connectivity index (χ0v) is 15.5. The molecule has 0 saturated carbocycles. The molecule has 0 spiro atoms. The predicted octanol–water partition coefficient (Wildman–Crippen LogP) is 1.45. The molecule has 1 rings (SSSR count). The molecule has 0 radical (unpaired) electrons. The zero-order valence-electron chi connectivity index (χ0n) is 11.6. The molecule has 0 heterocycles. The van der Waals surface area contributed by atoms with Crippen molar-refractivity contribution in [2.24, 2.45) is 5.14 Å². The van der Waals surface area contributed by atoms with Crippen molar-refractivity contribution in [3.05, 3.63) is 24.3 Å². The molecule has 1 aromatic carbocycles. The quantitative estimate of drug-likeness (QED) is 0.334. The number of carbonyl (C=O) groups excluding carboxylic acids is 1. The van der Waals surface area contributed by atoms with Gasteiger partial charge in [-0.1, -0.05) is 34.8 Å². The van der Waals surface area contributed by atoms with Crippen LogP contribution in [-0.4, -0.2) is 29.4 Å². The summed E-state index contributed by atoms with van der Waals surface area (Å²) in [5.74, 6) is -0.422. The largest absolute Gasteiger partial charge is 0.339 e. The highest BCUT2D eigenvalue weighted by Gasteiger charge is 2.33. The molecule has 12 heteroatoms. The Hall–Kier alpha value is -0.840. The Bertz CT molecular complexity index is 689. The second kappa shape index (κ2) is 7.82. The van der Waals surface area contributed by atoms with Gasteiger partial charge in [0.2, 0.25) is 19.7 Å². The van der Waals surface area contributed by atoms with Crippen LogP contribution in [0.2, 0.25) is 0 Å². The molecule has 1 amide bonds. The van der Waals surface area contributed by atoms with E-state index in [0.717, 1.165) is 0 Å². The number of primary sulfonamides is 1. The Balaban J connectivity index is 2.77. The van der Waals surface area contributed by atoms with E-state index in [4.69, 9.17) is 52.2 Å². The summed E-state index contributed by atoms with van der Waals surface area (Å²) in [6.45, 7) is 1.26. The van der Waals surface area contributed by atoms with Crippen LogP contribution in [0.1, 0.15) is 6.92 Å². The third kappa shape index (κ3) is 7.06. The van der Waals surface area contributed by atoms with Crippen molar-refractivity contribution >= 4 is 73.8 Å². The van der Waals surface area contributed by atoms with Crippen LogP contribution < -0.4 is 21.1 Å². The Morgan fingerprint density at radius 2 is 1.74 bits per heavy atom. The van der Waals surface area contributed by atoms with Crippen LogP contribution in [0, 0.1) is 0 Å². The van der Waals surface area contributed by atoms with Gasteiger partial charge in [-0.2, -0.15) is 0 Å². The molecule has 0 fully saturated rings. The zero-order chi connectivity index (χ0) is 17.8. The molecule has 1 unspecified atom stereocenters. The first-order chi connectivity index (χ1) is 10.4. The predicted molar refractivity (Wildman–Crippen MR) is 95.1 cm³/mol. The lowest BCUT2D eigenvalue weighted by Crippen LogP contribution is -2.55. The molecule has 1 atom stereocenters. The highest BCUT2D eigenvalue weighted by Crippen LogP contribution is 2.29. The van der Waals surface area contributed by atoms with E-state index < -0.39 is 25.9 Å². The Morgan fingerprint density at radius 3 is 2.13 bits per heavy atom. The average Bonchev–Trinajstić information content (AvgIpc) is 2.35. The van der Waals surface area contributed by atoms with Crippen LogP contribution >= 0.6 is 47.0 Å². The second-order valence-electron chi connectivity index (χ2n) is 4.34. The number of benzene rings is 1. The molecular formula is C11H13Cl3N4O3S2. The van der Waals surface area contributed by atoms with Crippen molar-refractivity contribution in [1.82, 2.24) is 10.6 Å². The summed E-state index contributed by atoms with van der Waals surface area (Å²) >= 11 is 22.3. The van der Waals surface area contributed by atoms with Crippen LogP contribution in [0.25, 0.3) is 0 Å². The Labute approximate surface area is 153 Å². The third-order valence-electron chi connectivity index (χ3n) is 2.39. The fraction of sp³-hybridized carbons (Fsp3) is 0.273. The van der Waals surface area contributed by atoms with Crippen LogP contribution in [0.5, 0.6) is 0 Å². The molecule has 0 aliphatic heterocycles. The number of nitrogens with two attached hydrogens (primary N) is 1. The van der Waals surface area contributed by atoms with Gasteiger partial charge in [0.15, 0.2) is 5.11 Å². The van der Waals surface area contributed by atoms with Crippen molar-refractivity contribution < 1.29 is 13.2 Å². The van der Waals surface area contributed by atoms with Gasteiger partial charge in [0, 0.05) is 12.6 Å². The number of rotatable bonds is 4. The molecule has 0 aliphatic rings. The van der Waals surface area contributed by atoms with E-state index in [1.807, 2.05) is 0 Å². The molecule has 0 saturated heterocycles. The number of alkyl halides is 3. The summed E-state index contributed by atoms with van der Waals surface area (Å²) in [5.41, 5.74) is 0.473. The number of hydrogen-bond acceptors (Lipinski definition) is 4. The number of carbonyl (C=O) groups is 1. The first kappa shape index (κ1) is 20.2. The fourth-order valence-corrected chi connectivity index (χ4v) is 2.51. The first-order valence-electron chi connectivity index (χ1n) is 5.94. The maximum atomic E-state index is 11.2. The molecular weight excluding hydrogens is 407 g/mol. The van der Waals surface area contributed by atoms with Crippen molar-refractivity contribution in [1.29, 1.82) is 0 Å². The molecule has 5 N–H and O–H groups in total. The molecule has 1 aromatic rings. The topological polar surface area (TPSA) is 113 Å². The van der Waals surface area contributed by atoms with Crippen LogP contribution in [0.4, 0.5) is 5.69 Å². The van der Waals surface area contributed by atoms with Gasteiger partial charge in [0.25, 0.3) is 0 Å². The number of anilines is 1. The molecule has 0 bridgehead atoms.